The highest BCUT2D eigenvalue weighted by molar-refractivity contribution is 7.92. The van der Waals surface area contributed by atoms with Crippen molar-refractivity contribution in [1.29, 1.82) is 0 Å². The SMILES string of the molecule is CC(C)NC(=O)NCCN(c1ccc(N(C)C)cc1)S(C)(=O)=O. The van der Waals surface area contributed by atoms with Crippen molar-refractivity contribution in [3.05, 3.63) is 24.3 Å². The average molecular weight is 342 g/mol. The van der Waals surface area contributed by atoms with Crippen LogP contribution in [0.4, 0.5) is 16.2 Å². The van der Waals surface area contributed by atoms with Crippen LogP contribution >= 0.6 is 0 Å². The van der Waals surface area contributed by atoms with Gasteiger partial charge in [-0.2, -0.15) is 0 Å². The van der Waals surface area contributed by atoms with Crippen molar-refractivity contribution in [2.24, 2.45) is 0 Å². The number of nitrogens with zero attached hydrogens (tertiary/aromatic N) is 2. The zero-order valence-electron chi connectivity index (χ0n) is 14.3. The molecule has 2 N–H and O–H groups in total. The van der Waals surface area contributed by atoms with Crippen LogP contribution in [0.3, 0.4) is 0 Å². The van der Waals surface area contributed by atoms with Crippen LogP contribution in [0.15, 0.2) is 24.3 Å². The van der Waals surface area contributed by atoms with Gasteiger partial charge in [0, 0.05) is 32.4 Å². The molecule has 0 aliphatic carbocycles. The standard InChI is InChI=1S/C15H26N4O3S/c1-12(2)17-15(20)16-10-11-19(23(5,21)22)14-8-6-13(7-9-14)18(3)4/h6-9,12H,10-11H2,1-5H3,(H2,16,17,20). The number of amides is 2. The fourth-order valence-corrected chi connectivity index (χ4v) is 2.92. The topological polar surface area (TPSA) is 81.8 Å². The number of anilines is 2. The molecule has 0 saturated heterocycles. The van der Waals surface area contributed by atoms with Crippen LogP contribution < -0.4 is 19.8 Å². The van der Waals surface area contributed by atoms with Crippen molar-refractivity contribution < 1.29 is 13.2 Å². The Balaban J connectivity index is 2.76. The summed E-state index contributed by atoms with van der Waals surface area (Å²) in [5.74, 6) is 0. The van der Waals surface area contributed by atoms with Crippen molar-refractivity contribution in [2.45, 2.75) is 19.9 Å². The van der Waals surface area contributed by atoms with Gasteiger partial charge < -0.3 is 15.5 Å². The summed E-state index contributed by atoms with van der Waals surface area (Å²) in [6, 6.07) is 6.93. The molecule has 0 aliphatic rings. The predicted octanol–water partition coefficient (Wildman–Crippen LogP) is 1.23. The van der Waals surface area contributed by atoms with E-state index >= 15 is 0 Å². The van der Waals surface area contributed by atoms with Crippen LogP contribution in [-0.2, 0) is 10.0 Å². The Labute approximate surface area is 138 Å². The van der Waals surface area contributed by atoms with Gasteiger partial charge in [0.15, 0.2) is 0 Å². The first kappa shape index (κ1) is 19.1. The molecule has 0 radical (unpaired) electrons. The summed E-state index contributed by atoms with van der Waals surface area (Å²) in [5, 5.41) is 5.34. The van der Waals surface area contributed by atoms with Crippen LogP contribution in [0, 0.1) is 0 Å². The third kappa shape index (κ3) is 6.35. The van der Waals surface area contributed by atoms with Crippen molar-refractivity contribution in [3.8, 4) is 0 Å². The Hall–Kier alpha value is -1.96. The molecule has 1 aromatic rings. The van der Waals surface area contributed by atoms with E-state index in [9.17, 15) is 13.2 Å². The van der Waals surface area contributed by atoms with Gasteiger partial charge in [-0.25, -0.2) is 13.2 Å². The molecule has 0 bridgehead atoms. The van der Waals surface area contributed by atoms with Crippen molar-refractivity contribution in [1.82, 2.24) is 10.6 Å². The average Bonchev–Trinajstić information content (AvgIpc) is 2.41. The Morgan fingerprint density at radius 1 is 1.13 bits per heavy atom. The third-order valence-electron chi connectivity index (χ3n) is 3.07. The van der Waals surface area contributed by atoms with E-state index in [2.05, 4.69) is 10.6 Å². The summed E-state index contributed by atoms with van der Waals surface area (Å²) in [7, 11) is 0.410. The summed E-state index contributed by atoms with van der Waals surface area (Å²) in [5.41, 5.74) is 1.56. The Morgan fingerprint density at radius 2 is 1.65 bits per heavy atom. The molecule has 8 heteroatoms. The number of hydrogen-bond donors (Lipinski definition) is 2. The lowest BCUT2D eigenvalue weighted by Gasteiger charge is -2.23. The van der Waals surface area contributed by atoms with Gasteiger partial charge in [-0.15, -0.1) is 0 Å². The van der Waals surface area contributed by atoms with Gasteiger partial charge in [0.2, 0.25) is 10.0 Å². The van der Waals surface area contributed by atoms with Gasteiger partial charge in [0.1, 0.15) is 0 Å². The van der Waals surface area contributed by atoms with E-state index in [4.69, 9.17) is 0 Å². The second kappa shape index (κ2) is 8.05. The minimum Gasteiger partial charge on any atom is -0.378 e. The fourth-order valence-electron chi connectivity index (χ4n) is 1.99. The summed E-state index contributed by atoms with van der Waals surface area (Å²) in [6.07, 6.45) is 1.15. The predicted molar refractivity (Wildman–Crippen MR) is 94.6 cm³/mol. The lowest BCUT2D eigenvalue weighted by Crippen LogP contribution is -2.43. The fraction of sp³-hybridized carbons (Fsp3) is 0.533. The van der Waals surface area contributed by atoms with E-state index in [-0.39, 0.29) is 25.2 Å². The number of carbonyl (C=O) groups excluding carboxylic acids is 1. The number of carbonyl (C=O) groups is 1. The first-order chi connectivity index (χ1) is 10.6. The molecule has 0 unspecified atom stereocenters. The molecule has 1 aromatic carbocycles. The van der Waals surface area contributed by atoms with Gasteiger partial charge >= 0.3 is 6.03 Å². The van der Waals surface area contributed by atoms with Crippen molar-refractivity contribution >= 4 is 27.4 Å². The summed E-state index contributed by atoms with van der Waals surface area (Å²) >= 11 is 0. The van der Waals surface area contributed by atoms with E-state index in [0.717, 1.165) is 11.9 Å². The van der Waals surface area contributed by atoms with Gasteiger partial charge in [-0.05, 0) is 38.1 Å². The highest BCUT2D eigenvalue weighted by atomic mass is 32.2. The number of benzene rings is 1. The molecular formula is C15H26N4O3S. The molecular weight excluding hydrogens is 316 g/mol. The van der Waals surface area contributed by atoms with E-state index in [1.54, 1.807) is 12.1 Å². The van der Waals surface area contributed by atoms with Crippen molar-refractivity contribution in [2.75, 3.05) is 42.6 Å². The first-order valence-corrected chi connectivity index (χ1v) is 9.25. The second-order valence-electron chi connectivity index (χ2n) is 5.80. The minimum atomic E-state index is -3.42. The number of sulfonamides is 1. The summed E-state index contributed by atoms with van der Waals surface area (Å²) < 4.78 is 25.3. The van der Waals surface area contributed by atoms with Gasteiger partial charge in [-0.1, -0.05) is 0 Å². The second-order valence-corrected chi connectivity index (χ2v) is 7.71. The smallest absolute Gasteiger partial charge is 0.315 e. The highest BCUT2D eigenvalue weighted by Crippen LogP contribution is 2.21. The maximum Gasteiger partial charge on any atom is 0.315 e. The number of hydrogen-bond acceptors (Lipinski definition) is 4. The van der Waals surface area contributed by atoms with Crippen LogP contribution in [0.5, 0.6) is 0 Å². The highest BCUT2D eigenvalue weighted by Gasteiger charge is 2.17. The number of urea groups is 1. The van der Waals surface area contributed by atoms with Crippen LogP contribution in [0.2, 0.25) is 0 Å². The third-order valence-corrected chi connectivity index (χ3v) is 4.27. The molecule has 0 heterocycles. The molecule has 130 valence electrons. The molecule has 0 saturated carbocycles. The lowest BCUT2D eigenvalue weighted by atomic mass is 10.2. The molecule has 2 amide bonds. The summed E-state index contributed by atoms with van der Waals surface area (Å²) in [6.45, 7) is 4.11. The molecule has 7 nitrogen and oxygen atoms in total. The first-order valence-electron chi connectivity index (χ1n) is 7.40. The molecule has 0 atom stereocenters. The number of rotatable bonds is 7. The van der Waals surface area contributed by atoms with Gasteiger partial charge in [-0.3, -0.25) is 4.31 Å². The Kier molecular flexibility index (Phi) is 6.68. The van der Waals surface area contributed by atoms with Gasteiger partial charge in [0.05, 0.1) is 18.5 Å². The van der Waals surface area contributed by atoms with E-state index < -0.39 is 10.0 Å². The zero-order valence-corrected chi connectivity index (χ0v) is 15.1. The lowest BCUT2D eigenvalue weighted by molar-refractivity contribution is 0.239. The van der Waals surface area contributed by atoms with Crippen LogP contribution in [-0.4, -0.2) is 53.9 Å². The van der Waals surface area contributed by atoms with Crippen LogP contribution in [0.25, 0.3) is 0 Å². The molecule has 0 aliphatic heterocycles. The normalized spacial score (nSPS) is 11.2. The maximum absolute atomic E-state index is 12.0. The molecule has 23 heavy (non-hydrogen) atoms. The van der Waals surface area contributed by atoms with Crippen LogP contribution in [0.1, 0.15) is 13.8 Å². The summed E-state index contributed by atoms with van der Waals surface area (Å²) in [4.78, 5) is 13.5. The monoisotopic (exact) mass is 342 g/mol. The zero-order chi connectivity index (χ0) is 17.6. The molecule has 0 fully saturated rings. The molecule has 0 spiro atoms. The number of nitrogens with one attached hydrogen (secondary N) is 2. The van der Waals surface area contributed by atoms with E-state index in [1.807, 2.05) is 45.0 Å². The Bertz CT molecular complexity index is 612. The van der Waals surface area contributed by atoms with Crippen molar-refractivity contribution in [3.63, 3.8) is 0 Å². The molecule has 0 aromatic heterocycles. The van der Waals surface area contributed by atoms with E-state index in [0.29, 0.717) is 5.69 Å². The molecule has 1 rings (SSSR count). The quantitative estimate of drug-likeness (QED) is 0.781. The minimum absolute atomic E-state index is 0.0274. The Morgan fingerprint density at radius 3 is 2.09 bits per heavy atom. The van der Waals surface area contributed by atoms with E-state index in [1.165, 1.54) is 4.31 Å². The van der Waals surface area contributed by atoms with Gasteiger partial charge in [0.25, 0.3) is 0 Å². The maximum atomic E-state index is 12.0. The largest absolute Gasteiger partial charge is 0.378 e.